The molecule has 1 N–H and O–H groups in total. The second-order valence-corrected chi connectivity index (χ2v) is 10.2. The first-order chi connectivity index (χ1) is 18.6. The van der Waals surface area contributed by atoms with Gasteiger partial charge in [-0.15, -0.1) is 0 Å². The average molecular weight is 521 g/mol. The Morgan fingerprint density at radius 1 is 1.00 bits per heavy atom. The van der Waals surface area contributed by atoms with Crippen molar-refractivity contribution in [3.63, 3.8) is 0 Å². The quantitative estimate of drug-likeness (QED) is 0.420. The summed E-state index contributed by atoms with van der Waals surface area (Å²) in [5.74, 6) is 2.52. The number of morpholine rings is 2. The van der Waals surface area contributed by atoms with Gasteiger partial charge in [-0.3, -0.25) is 0 Å². The maximum Gasteiger partial charge on any atom is 0.229 e. The van der Waals surface area contributed by atoms with Crippen LogP contribution in [0.15, 0.2) is 30.3 Å². The lowest BCUT2D eigenvalue weighted by Crippen LogP contribution is -2.46. The molecule has 2 saturated heterocycles. The summed E-state index contributed by atoms with van der Waals surface area (Å²) >= 11 is 0. The van der Waals surface area contributed by atoms with Crippen LogP contribution in [0.5, 0.6) is 5.75 Å². The summed E-state index contributed by atoms with van der Waals surface area (Å²) in [7, 11) is 1.72. The summed E-state index contributed by atoms with van der Waals surface area (Å²) < 4.78 is 17.2. The highest BCUT2D eigenvalue weighted by Crippen LogP contribution is 2.31. The number of aromatic nitrogens is 3. The zero-order valence-corrected chi connectivity index (χ0v) is 23.1. The normalized spacial score (nSPS) is 20.2. The minimum Gasteiger partial charge on any atom is -0.496 e. The fourth-order valence-corrected chi connectivity index (χ4v) is 5.24. The number of benzene rings is 1. The van der Waals surface area contributed by atoms with Gasteiger partial charge >= 0.3 is 0 Å². The van der Waals surface area contributed by atoms with E-state index >= 15 is 0 Å². The van der Waals surface area contributed by atoms with E-state index in [1.54, 1.807) is 7.11 Å². The van der Waals surface area contributed by atoms with Crippen molar-refractivity contribution >= 4 is 22.8 Å². The Morgan fingerprint density at radius 2 is 1.79 bits per heavy atom. The molecule has 9 nitrogen and oxygen atoms in total. The Bertz CT molecular complexity index is 1220. The molecule has 0 aliphatic carbocycles. The summed E-state index contributed by atoms with van der Waals surface area (Å²) in [4.78, 5) is 19.6. The van der Waals surface area contributed by atoms with E-state index in [9.17, 15) is 0 Å². The number of hydrogen-bond donors (Lipinski definition) is 1. The number of nitrogens with one attached hydrogen (secondary N) is 1. The maximum absolute atomic E-state index is 5.97. The Balaban J connectivity index is 1.53. The van der Waals surface area contributed by atoms with Gasteiger partial charge in [0.2, 0.25) is 5.95 Å². The van der Waals surface area contributed by atoms with Crippen molar-refractivity contribution in [1.29, 1.82) is 0 Å². The highest BCUT2D eigenvalue weighted by molar-refractivity contribution is 5.90. The first kappa shape index (κ1) is 26.6. The molecule has 38 heavy (non-hydrogen) atoms. The molecule has 5 rings (SSSR count). The van der Waals surface area contributed by atoms with Gasteiger partial charge in [-0.05, 0) is 57.1 Å². The second-order valence-electron chi connectivity index (χ2n) is 10.2. The van der Waals surface area contributed by atoms with Crippen molar-refractivity contribution in [2.24, 2.45) is 0 Å². The molecule has 9 heteroatoms. The molecule has 0 saturated carbocycles. The van der Waals surface area contributed by atoms with E-state index in [-0.39, 0.29) is 12.2 Å². The van der Waals surface area contributed by atoms with Crippen molar-refractivity contribution in [3.05, 3.63) is 35.9 Å². The van der Waals surface area contributed by atoms with Crippen LogP contribution in [0.2, 0.25) is 0 Å². The summed E-state index contributed by atoms with van der Waals surface area (Å²) in [6, 6.07) is 10.4. The van der Waals surface area contributed by atoms with Crippen molar-refractivity contribution in [1.82, 2.24) is 20.3 Å². The summed E-state index contributed by atoms with van der Waals surface area (Å²) in [6.45, 7) is 12.6. The Labute approximate surface area is 225 Å². The van der Waals surface area contributed by atoms with Crippen molar-refractivity contribution in [2.45, 2.75) is 52.4 Å². The average Bonchev–Trinajstić information content (AvgIpc) is 2.94. The lowest BCUT2D eigenvalue weighted by Gasteiger charge is -2.36. The summed E-state index contributed by atoms with van der Waals surface area (Å²) in [5.41, 5.74) is 3.76. The number of fused-ring (bicyclic) bond motifs is 1. The lowest BCUT2D eigenvalue weighted by molar-refractivity contribution is -0.00570. The molecular formula is C29H40N6O3. The highest BCUT2D eigenvalue weighted by Gasteiger charge is 2.26. The van der Waals surface area contributed by atoms with Crippen molar-refractivity contribution < 1.29 is 14.2 Å². The number of hydrogen-bond acceptors (Lipinski definition) is 9. The number of methoxy groups -OCH3 is 1. The van der Waals surface area contributed by atoms with Gasteiger partial charge in [0.25, 0.3) is 0 Å². The van der Waals surface area contributed by atoms with E-state index in [4.69, 9.17) is 29.2 Å². The molecular weight excluding hydrogens is 480 g/mol. The van der Waals surface area contributed by atoms with Crippen LogP contribution in [0.25, 0.3) is 22.3 Å². The molecule has 204 valence electrons. The lowest BCUT2D eigenvalue weighted by atomic mass is 10.1. The number of nitrogens with zero attached hydrogens (tertiary/aromatic N) is 5. The molecule has 0 spiro atoms. The number of anilines is 2. The van der Waals surface area contributed by atoms with Crippen LogP contribution in [-0.2, 0) is 16.0 Å². The predicted molar refractivity (Wildman–Crippen MR) is 151 cm³/mol. The van der Waals surface area contributed by atoms with E-state index < -0.39 is 0 Å². The summed E-state index contributed by atoms with van der Waals surface area (Å²) in [6.07, 6.45) is 2.56. The van der Waals surface area contributed by atoms with E-state index in [0.29, 0.717) is 24.8 Å². The Kier molecular flexibility index (Phi) is 8.56. The number of ether oxygens (including phenoxy) is 3. The first-order valence-corrected chi connectivity index (χ1v) is 13.9. The third-order valence-electron chi connectivity index (χ3n) is 7.14. The minimum atomic E-state index is 0.118. The van der Waals surface area contributed by atoms with Gasteiger partial charge in [0.15, 0.2) is 5.65 Å². The molecule has 0 radical (unpaired) electrons. The standard InChI is InChI=1S/C29H40N6O3/c1-5-6-11-30-17-23-16-22(7-10-26(23)36-4)25-9-8-24-27(31-25)32-29(35-18-20(2)38-21(3)19-35)33-28(24)34-12-14-37-15-13-34/h7-10,16,20-21,30H,5-6,11-15,17-19H2,1-4H3/t20-,21+. The zero-order valence-electron chi connectivity index (χ0n) is 23.1. The van der Waals surface area contributed by atoms with Crippen molar-refractivity contribution in [3.8, 4) is 17.0 Å². The third kappa shape index (κ3) is 6.00. The van der Waals surface area contributed by atoms with E-state index in [0.717, 1.165) is 79.5 Å². The van der Waals surface area contributed by atoms with Gasteiger partial charge in [0, 0.05) is 43.9 Å². The molecule has 2 atom stereocenters. The number of pyridine rings is 1. The monoisotopic (exact) mass is 520 g/mol. The molecule has 1 aromatic carbocycles. The fraction of sp³-hybridized carbons (Fsp3) is 0.552. The molecule has 2 aliphatic heterocycles. The molecule has 2 aromatic heterocycles. The number of rotatable bonds is 9. The highest BCUT2D eigenvalue weighted by atomic mass is 16.5. The van der Waals surface area contributed by atoms with E-state index in [2.05, 4.69) is 60.2 Å². The SMILES string of the molecule is CCCCNCc1cc(-c2ccc3c(N4CCOCC4)nc(N4C[C@@H](C)O[C@@H](C)C4)nc3n2)ccc1OC. The zero-order chi connectivity index (χ0) is 26.5. The molecule has 4 heterocycles. The molecule has 0 bridgehead atoms. The molecule has 0 amide bonds. The molecule has 3 aromatic rings. The predicted octanol–water partition coefficient (Wildman–Crippen LogP) is 4.04. The van der Waals surface area contributed by atoms with Crippen LogP contribution in [0.4, 0.5) is 11.8 Å². The summed E-state index contributed by atoms with van der Waals surface area (Å²) in [5, 5.41) is 4.49. The molecule has 0 unspecified atom stereocenters. The van der Waals surface area contributed by atoms with Crippen LogP contribution in [-0.4, -0.2) is 80.2 Å². The number of unbranched alkanes of at least 4 members (excludes halogenated alkanes) is 1. The van der Waals surface area contributed by atoms with E-state index in [1.165, 1.54) is 6.42 Å². The third-order valence-corrected chi connectivity index (χ3v) is 7.14. The van der Waals surface area contributed by atoms with Crippen LogP contribution in [0, 0.1) is 0 Å². The van der Waals surface area contributed by atoms with Crippen LogP contribution < -0.4 is 19.9 Å². The van der Waals surface area contributed by atoms with Crippen LogP contribution in [0.3, 0.4) is 0 Å². The largest absolute Gasteiger partial charge is 0.496 e. The van der Waals surface area contributed by atoms with Gasteiger partial charge in [-0.2, -0.15) is 9.97 Å². The fourth-order valence-electron chi connectivity index (χ4n) is 5.24. The van der Waals surface area contributed by atoms with Gasteiger partial charge < -0.3 is 29.3 Å². The van der Waals surface area contributed by atoms with Gasteiger partial charge in [-0.25, -0.2) is 4.98 Å². The topological polar surface area (TPSA) is 84.9 Å². The Morgan fingerprint density at radius 3 is 2.53 bits per heavy atom. The maximum atomic E-state index is 5.97. The van der Waals surface area contributed by atoms with Crippen LogP contribution >= 0.6 is 0 Å². The second kappa shape index (κ2) is 12.2. The van der Waals surface area contributed by atoms with Gasteiger partial charge in [-0.1, -0.05) is 13.3 Å². The van der Waals surface area contributed by atoms with E-state index in [1.807, 2.05) is 6.07 Å². The van der Waals surface area contributed by atoms with Crippen LogP contribution in [0.1, 0.15) is 39.2 Å². The Hall–Kier alpha value is -3.01. The minimum absolute atomic E-state index is 0.118. The van der Waals surface area contributed by atoms with Gasteiger partial charge in [0.1, 0.15) is 11.6 Å². The van der Waals surface area contributed by atoms with Crippen molar-refractivity contribution in [2.75, 3.05) is 62.8 Å². The first-order valence-electron chi connectivity index (χ1n) is 13.9. The molecule has 2 aliphatic rings. The molecule has 2 fully saturated rings. The van der Waals surface area contributed by atoms with Gasteiger partial charge in [0.05, 0.1) is 43.6 Å². The smallest absolute Gasteiger partial charge is 0.229 e.